The molecule has 0 saturated carbocycles. The van der Waals surface area contributed by atoms with Gasteiger partial charge in [0.1, 0.15) is 12.3 Å². The molecule has 0 aliphatic rings. The minimum atomic E-state index is -0.267. The Labute approximate surface area is 149 Å². The van der Waals surface area contributed by atoms with Crippen LogP contribution in [0.25, 0.3) is 0 Å². The fourth-order valence-corrected chi connectivity index (χ4v) is 2.54. The van der Waals surface area contributed by atoms with Crippen LogP contribution in [0.2, 0.25) is 0 Å². The Kier molecular flexibility index (Phi) is 5.98. The number of aryl methyl sites for hydroxylation is 1. The van der Waals surface area contributed by atoms with E-state index in [9.17, 15) is 9.59 Å². The van der Waals surface area contributed by atoms with E-state index in [1.807, 2.05) is 25.1 Å². The smallest absolute Gasteiger partial charge is 0.244 e. The van der Waals surface area contributed by atoms with Crippen molar-refractivity contribution >= 4 is 39.1 Å². The molecule has 2 aromatic rings. The number of anilines is 2. The number of carbonyl (C=O) groups excluding carboxylic acids is 2. The predicted molar refractivity (Wildman–Crippen MR) is 98.5 cm³/mol. The largest absolute Gasteiger partial charge is 0.497 e. The van der Waals surface area contributed by atoms with Gasteiger partial charge in [-0.25, -0.2) is 0 Å². The molecule has 0 atom stereocenters. The summed E-state index contributed by atoms with van der Waals surface area (Å²) in [5, 5.41) is 2.80. The third kappa shape index (κ3) is 4.58. The van der Waals surface area contributed by atoms with Crippen molar-refractivity contribution in [3.63, 3.8) is 0 Å². The van der Waals surface area contributed by atoms with Gasteiger partial charge in [0.25, 0.3) is 0 Å². The van der Waals surface area contributed by atoms with Crippen LogP contribution >= 0.6 is 15.9 Å². The number of hydrogen-bond donors (Lipinski definition) is 1. The first-order valence-electron chi connectivity index (χ1n) is 7.39. The molecule has 0 saturated heterocycles. The van der Waals surface area contributed by atoms with Crippen molar-refractivity contribution in [2.24, 2.45) is 0 Å². The molecular weight excluding hydrogens is 372 g/mol. The number of nitrogens with one attached hydrogen (secondary N) is 1. The van der Waals surface area contributed by atoms with Gasteiger partial charge in [-0.1, -0.05) is 22.0 Å². The second-order valence-electron chi connectivity index (χ2n) is 5.32. The van der Waals surface area contributed by atoms with Crippen molar-refractivity contribution in [1.82, 2.24) is 0 Å². The molecular formula is C18H19BrN2O3. The summed E-state index contributed by atoms with van der Waals surface area (Å²) in [6, 6.07) is 12.6. The Balaban J connectivity index is 2.10. The lowest BCUT2D eigenvalue weighted by atomic mass is 10.2. The minimum absolute atomic E-state index is 0.0623. The standard InChI is InChI=1S/C18H19BrN2O3/c1-12-4-5-14(10-17(12)19)20-18(23)11-21(13(2)22)15-6-8-16(24-3)9-7-15/h4-10H,11H2,1-3H3,(H,20,23). The zero-order valence-electron chi connectivity index (χ0n) is 13.8. The van der Waals surface area contributed by atoms with Crippen molar-refractivity contribution in [3.05, 3.63) is 52.5 Å². The van der Waals surface area contributed by atoms with Crippen molar-refractivity contribution in [2.45, 2.75) is 13.8 Å². The third-order valence-corrected chi connectivity index (χ3v) is 4.38. The van der Waals surface area contributed by atoms with Gasteiger partial charge >= 0.3 is 0 Å². The summed E-state index contributed by atoms with van der Waals surface area (Å²) in [4.78, 5) is 25.6. The van der Waals surface area contributed by atoms with E-state index in [4.69, 9.17) is 4.74 Å². The molecule has 6 heteroatoms. The van der Waals surface area contributed by atoms with Gasteiger partial charge in [0.05, 0.1) is 7.11 Å². The maximum atomic E-state index is 12.3. The summed E-state index contributed by atoms with van der Waals surface area (Å²) in [6.45, 7) is 3.34. The Hall–Kier alpha value is -2.34. The topological polar surface area (TPSA) is 58.6 Å². The van der Waals surface area contributed by atoms with Gasteiger partial charge in [0.15, 0.2) is 0 Å². The maximum Gasteiger partial charge on any atom is 0.244 e. The number of halogens is 1. The molecule has 2 amide bonds. The summed E-state index contributed by atoms with van der Waals surface area (Å²) >= 11 is 3.43. The molecule has 1 N–H and O–H groups in total. The Bertz CT molecular complexity index is 744. The summed E-state index contributed by atoms with van der Waals surface area (Å²) in [5.41, 5.74) is 2.40. The molecule has 2 aromatic carbocycles. The van der Waals surface area contributed by atoms with Crippen LogP contribution < -0.4 is 15.0 Å². The first-order valence-corrected chi connectivity index (χ1v) is 8.18. The summed E-state index contributed by atoms with van der Waals surface area (Å²) in [7, 11) is 1.57. The van der Waals surface area contributed by atoms with Crippen LogP contribution in [0.1, 0.15) is 12.5 Å². The van der Waals surface area contributed by atoms with Crippen molar-refractivity contribution in [2.75, 3.05) is 23.9 Å². The van der Waals surface area contributed by atoms with Gasteiger partial charge in [-0.05, 0) is 48.9 Å². The lowest BCUT2D eigenvalue weighted by Crippen LogP contribution is -2.36. The lowest BCUT2D eigenvalue weighted by molar-refractivity contribution is -0.120. The van der Waals surface area contributed by atoms with Gasteiger partial charge in [0.2, 0.25) is 11.8 Å². The molecule has 0 fully saturated rings. The second kappa shape index (κ2) is 7.97. The highest BCUT2D eigenvalue weighted by molar-refractivity contribution is 9.10. The van der Waals surface area contributed by atoms with Crippen LogP contribution in [-0.2, 0) is 9.59 Å². The average molecular weight is 391 g/mol. The Morgan fingerprint density at radius 3 is 2.38 bits per heavy atom. The van der Waals surface area contributed by atoms with Gasteiger partial charge in [-0.2, -0.15) is 0 Å². The van der Waals surface area contributed by atoms with E-state index in [2.05, 4.69) is 21.2 Å². The summed E-state index contributed by atoms with van der Waals surface area (Å²) in [6.07, 6.45) is 0. The number of rotatable bonds is 5. The molecule has 126 valence electrons. The SMILES string of the molecule is COc1ccc(N(CC(=O)Nc2ccc(C)c(Br)c2)C(C)=O)cc1. The zero-order chi connectivity index (χ0) is 17.7. The summed E-state index contributed by atoms with van der Waals surface area (Å²) in [5.74, 6) is 0.216. The van der Waals surface area contributed by atoms with Crippen LogP contribution in [0, 0.1) is 6.92 Å². The van der Waals surface area contributed by atoms with E-state index >= 15 is 0 Å². The first kappa shape index (κ1) is 18.0. The molecule has 0 unspecified atom stereocenters. The number of ether oxygens (including phenoxy) is 1. The molecule has 0 aliphatic carbocycles. The van der Waals surface area contributed by atoms with E-state index in [-0.39, 0.29) is 18.4 Å². The van der Waals surface area contributed by atoms with Crippen LogP contribution in [0.3, 0.4) is 0 Å². The number of nitrogens with zero attached hydrogens (tertiary/aromatic N) is 1. The molecule has 0 aliphatic heterocycles. The molecule has 5 nitrogen and oxygen atoms in total. The van der Waals surface area contributed by atoms with E-state index in [1.165, 1.54) is 11.8 Å². The lowest BCUT2D eigenvalue weighted by Gasteiger charge is -2.21. The van der Waals surface area contributed by atoms with E-state index in [0.717, 1.165) is 10.0 Å². The summed E-state index contributed by atoms with van der Waals surface area (Å²) < 4.78 is 6.02. The third-order valence-electron chi connectivity index (χ3n) is 3.52. The molecule has 0 bridgehead atoms. The van der Waals surface area contributed by atoms with Crippen LogP contribution in [-0.4, -0.2) is 25.5 Å². The molecule has 0 heterocycles. The van der Waals surface area contributed by atoms with E-state index in [0.29, 0.717) is 17.1 Å². The van der Waals surface area contributed by atoms with Crippen LogP contribution in [0.5, 0.6) is 5.75 Å². The molecule has 2 rings (SSSR count). The van der Waals surface area contributed by atoms with Crippen LogP contribution in [0.15, 0.2) is 46.9 Å². The van der Waals surface area contributed by atoms with Crippen molar-refractivity contribution in [3.8, 4) is 5.75 Å². The fourth-order valence-electron chi connectivity index (χ4n) is 2.16. The fraction of sp³-hybridized carbons (Fsp3) is 0.222. The number of hydrogen-bond acceptors (Lipinski definition) is 3. The molecule has 0 aromatic heterocycles. The minimum Gasteiger partial charge on any atom is -0.497 e. The zero-order valence-corrected chi connectivity index (χ0v) is 15.4. The van der Waals surface area contributed by atoms with Gasteiger partial charge in [-0.15, -0.1) is 0 Å². The number of methoxy groups -OCH3 is 1. The number of benzene rings is 2. The average Bonchev–Trinajstić information content (AvgIpc) is 2.56. The van der Waals surface area contributed by atoms with Crippen LogP contribution in [0.4, 0.5) is 11.4 Å². The normalized spacial score (nSPS) is 10.2. The Morgan fingerprint density at radius 2 is 1.83 bits per heavy atom. The van der Waals surface area contributed by atoms with Gasteiger partial charge < -0.3 is 15.0 Å². The molecule has 0 radical (unpaired) electrons. The second-order valence-corrected chi connectivity index (χ2v) is 6.17. The first-order chi connectivity index (χ1) is 11.4. The number of amides is 2. The molecule has 24 heavy (non-hydrogen) atoms. The maximum absolute atomic E-state index is 12.3. The van der Waals surface area contributed by atoms with Gasteiger partial charge in [0, 0.05) is 22.8 Å². The number of carbonyl (C=O) groups is 2. The highest BCUT2D eigenvalue weighted by Crippen LogP contribution is 2.22. The highest BCUT2D eigenvalue weighted by Gasteiger charge is 2.16. The van der Waals surface area contributed by atoms with Crippen molar-refractivity contribution < 1.29 is 14.3 Å². The Morgan fingerprint density at radius 1 is 1.17 bits per heavy atom. The van der Waals surface area contributed by atoms with E-state index < -0.39 is 0 Å². The highest BCUT2D eigenvalue weighted by atomic mass is 79.9. The van der Waals surface area contributed by atoms with Crippen molar-refractivity contribution in [1.29, 1.82) is 0 Å². The van der Waals surface area contributed by atoms with Gasteiger partial charge in [-0.3, -0.25) is 9.59 Å². The monoisotopic (exact) mass is 390 g/mol. The van der Waals surface area contributed by atoms with E-state index in [1.54, 1.807) is 31.4 Å². The predicted octanol–water partition coefficient (Wildman–Crippen LogP) is 3.76. The molecule has 0 spiro atoms. The quantitative estimate of drug-likeness (QED) is 0.845.